The molecule has 0 aromatic heterocycles. The molecule has 98 valence electrons. The number of rotatable bonds is 2. The normalized spacial score (nSPS) is 23.7. The lowest BCUT2D eigenvalue weighted by Crippen LogP contribution is -2.44. The Morgan fingerprint density at radius 1 is 1.22 bits per heavy atom. The highest BCUT2D eigenvalue weighted by molar-refractivity contribution is 6.21. The summed E-state index contributed by atoms with van der Waals surface area (Å²) in [7, 11) is 1.87. The van der Waals surface area contributed by atoms with Gasteiger partial charge < -0.3 is 4.90 Å². The average molecular weight is 266 g/mol. The van der Waals surface area contributed by atoms with Gasteiger partial charge in [-0.1, -0.05) is 30.5 Å². The molecule has 1 saturated carbocycles. The van der Waals surface area contributed by atoms with Gasteiger partial charge in [-0.25, -0.2) is 0 Å². The molecule has 0 radical (unpaired) electrons. The number of hydrogen-bond acceptors (Lipinski definition) is 1. The molecule has 18 heavy (non-hydrogen) atoms. The van der Waals surface area contributed by atoms with Crippen molar-refractivity contribution >= 4 is 17.5 Å². The van der Waals surface area contributed by atoms with Crippen molar-refractivity contribution in [3.8, 4) is 0 Å². The lowest BCUT2D eigenvalue weighted by Gasteiger charge is -2.35. The van der Waals surface area contributed by atoms with Crippen LogP contribution in [0.15, 0.2) is 24.3 Å². The smallest absolute Gasteiger partial charge is 0.253 e. The fraction of sp³-hybridized carbons (Fsp3) is 0.533. The Hall–Kier alpha value is -1.02. The molecule has 3 heteroatoms. The second-order valence-electron chi connectivity index (χ2n) is 5.15. The van der Waals surface area contributed by atoms with Gasteiger partial charge in [-0.3, -0.25) is 4.79 Å². The third-order valence-corrected chi connectivity index (χ3v) is 4.27. The molecular formula is C15H20ClNO. The van der Waals surface area contributed by atoms with Gasteiger partial charge in [0.25, 0.3) is 5.91 Å². The van der Waals surface area contributed by atoms with Crippen LogP contribution in [-0.4, -0.2) is 29.3 Å². The second-order valence-corrected chi connectivity index (χ2v) is 5.71. The summed E-state index contributed by atoms with van der Waals surface area (Å²) in [5.41, 5.74) is 1.92. The average Bonchev–Trinajstić information content (AvgIpc) is 2.38. The molecule has 0 saturated heterocycles. The second kappa shape index (κ2) is 5.75. The summed E-state index contributed by atoms with van der Waals surface area (Å²) < 4.78 is 0. The molecule has 0 spiro atoms. The van der Waals surface area contributed by atoms with E-state index in [2.05, 4.69) is 0 Å². The number of hydrogen-bond donors (Lipinski definition) is 0. The number of carbonyl (C=O) groups is 1. The van der Waals surface area contributed by atoms with Crippen molar-refractivity contribution in [3.05, 3.63) is 35.4 Å². The van der Waals surface area contributed by atoms with Crippen molar-refractivity contribution < 1.29 is 4.79 Å². The maximum Gasteiger partial charge on any atom is 0.253 e. The molecule has 1 aliphatic carbocycles. The van der Waals surface area contributed by atoms with Crippen LogP contribution in [0.3, 0.4) is 0 Å². The zero-order valence-corrected chi connectivity index (χ0v) is 11.8. The van der Waals surface area contributed by atoms with Gasteiger partial charge in [0, 0.05) is 18.7 Å². The minimum atomic E-state index is 0.0764. The number of aryl methyl sites for hydroxylation is 1. The van der Waals surface area contributed by atoms with E-state index >= 15 is 0 Å². The molecule has 1 amide bonds. The number of amides is 1. The van der Waals surface area contributed by atoms with Crippen LogP contribution in [0, 0.1) is 6.92 Å². The molecule has 0 N–H and O–H groups in total. The fourth-order valence-corrected chi connectivity index (χ4v) is 3.00. The molecule has 0 heterocycles. The molecule has 0 aliphatic heterocycles. The molecule has 2 atom stereocenters. The molecular weight excluding hydrogens is 246 g/mol. The fourth-order valence-electron chi connectivity index (χ4n) is 2.55. The number of alkyl halides is 1. The topological polar surface area (TPSA) is 20.3 Å². The lowest BCUT2D eigenvalue weighted by molar-refractivity contribution is 0.0700. The first-order valence-corrected chi connectivity index (χ1v) is 7.01. The molecule has 2 rings (SSSR count). The van der Waals surface area contributed by atoms with Crippen LogP contribution in [-0.2, 0) is 0 Å². The molecule has 2 unspecified atom stereocenters. The van der Waals surface area contributed by atoms with Crippen molar-refractivity contribution in [2.45, 2.75) is 44.0 Å². The highest BCUT2D eigenvalue weighted by Crippen LogP contribution is 2.27. The van der Waals surface area contributed by atoms with E-state index in [0.29, 0.717) is 0 Å². The van der Waals surface area contributed by atoms with Crippen LogP contribution in [0.4, 0.5) is 0 Å². The van der Waals surface area contributed by atoms with E-state index in [9.17, 15) is 4.79 Å². The van der Waals surface area contributed by atoms with Gasteiger partial charge in [-0.05, 0) is 31.9 Å². The Bertz CT molecular complexity index is 415. The SMILES string of the molecule is Cc1ccc(C(=O)N(C)C2CCCCC2Cl)cc1. The molecule has 2 nitrogen and oxygen atoms in total. The van der Waals surface area contributed by atoms with Crippen molar-refractivity contribution in [1.82, 2.24) is 4.90 Å². The number of carbonyl (C=O) groups excluding carboxylic acids is 1. The van der Waals surface area contributed by atoms with Gasteiger partial charge in [0.15, 0.2) is 0 Å². The van der Waals surface area contributed by atoms with Crippen LogP contribution in [0.2, 0.25) is 0 Å². The number of benzene rings is 1. The number of halogens is 1. The molecule has 1 aromatic rings. The van der Waals surface area contributed by atoms with Crippen molar-refractivity contribution in [3.63, 3.8) is 0 Å². The quantitative estimate of drug-likeness (QED) is 0.748. The van der Waals surface area contributed by atoms with E-state index in [1.807, 2.05) is 43.1 Å². The minimum absolute atomic E-state index is 0.0764. The van der Waals surface area contributed by atoms with Crippen molar-refractivity contribution in [1.29, 1.82) is 0 Å². The lowest BCUT2D eigenvalue weighted by atomic mass is 9.93. The van der Waals surface area contributed by atoms with Crippen LogP contribution in [0.1, 0.15) is 41.6 Å². The van der Waals surface area contributed by atoms with Crippen molar-refractivity contribution in [2.24, 2.45) is 0 Å². The molecule has 1 aliphatic rings. The maximum absolute atomic E-state index is 12.4. The minimum Gasteiger partial charge on any atom is -0.337 e. The maximum atomic E-state index is 12.4. The van der Waals surface area contributed by atoms with Crippen LogP contribution in [0.25, 0.3) is 0 Å². The summed E-state index contributed by atoms with van der Waals surface area (Å²) in [5.74, 6) is 0.0764. The first-order valence-electron chi connectivity index (χ1n) is 6.57. The van der Waals surface area contributed by atoms with E-state index in [4.69, 9.17) is 11.6 Å². The summed E-state index contributed by atoms with van der Waals surface area (Å²) in [6.07, 6.45) is 4.37. The van der Waals surface area contributed by atoms with Crippen LogP contribution >= 0.6 is 11.6 Å². The van der Waals surface area contributed by atoms with E-state index in [0.717, 1.165) is 18.4 Å². The van der Waals surface area contributed by atoms with Crippen LogP contribution in [0.5, 0.6) is 0 Å². The monoisotopic (exact) mass is 265 g/mol. The zero-order chi connectivity index (χ0) is 13.1. The molecule has 0 bridgehead atoms. The predicted molar refractivity (Wildman–Crippen MR) is 75.2 cm³/mol. The highest BCUT2D eigenvalue weighted by atomic mass is 35.5. The third kappa shape index (κ3) is 2.86. The van der Waals surface area contributed by atoms with Gasteiger partial charge in [0.1, 0.15) is 0 Å². The van der Waals surface area contributed by atoms with E-state index in [-0.39, 0.29) is 17.3 Å². The summed E-state index contributed by atoms with van der Waals surface area (Å²) in [4.78, 5) is 14.2. The third-order valence-electron chi connectivity index (χ3n) is 3.76. The van der Waals surface area contributed by atoms with Gasteiger partial charge in [-0.15, -0.1) is 11.6 Å². The largest absolute Gasteiger partial charge is 0.337 e. The highest BCUT2D eigenvalue weighted by Gasteiger charge is 2.29. The Morgan fingerprint density at radius 2 is 1.83 bits per heavy atom. The Labute approximate surface area is 114 Å². The van der Waals surface area contributed by atoms with Crippen molar-refractivity contribution in [2.75, 3.05) is 7.05 Å². The van der Waals surface area contributed by atoms with E-state index in [1.54, 1.807) is 0 Å². The summed E-state index contributed by atoms with van der Waals surface area (Å²) in [5, 5.41) is 0.0955. The van der Waals surface area contributed by atoms with Gasteiger partial charge >= 0.3 is 0 Å². The predicted octanol–water partition coefficient (Wildman–Crippen LogP) is 3.62. The standard InChI is InChI=1S/C15H20ClNO/c1-11-7-9-12(10-8-11)15(18)17(2)14-6-4-3-5-13(14)16/h7-10,13-14H,3-6H2,1-2H3. The Balaban J connectivity index is 2.10. The number of nitrogens with zero attached hydrogens (tertiary/aromatic N) is 1. The summed E-state index contributed by atoms with van der Waals surface area (Å²) in [6.45, 7) is 2.02. The van der Waals surface area contributed by atoms with Gasteiger partial charge in [-0.2, -0.15) is 0 Å². The zero-order valence-electron chi connectivity index (χ0n) is 11.0. The first-order chi connectivity index (χ1) is 8.59. The van der Waals surface area contributed by atoms with Gasteiger partial charge in [0.2, 0.25) is 0 Å². The molecule has 1 aromatic carbocycles. The van der Waals surface area contributed by atoms with E-state index in [1.165, 1.54) is 18.4 Å². The Morgan fingerprint density at radius 3 is 2.44 bits per heavy atom. The summed E-state index contributed by atoms with van der Waals surface area (Å²) in [6, 6.07) is 7.90. The Kier molecular flexibility index (Phi) is 4.28. The van der Waals surface area contributed by atoms with E-state index < -0.39 is 0 Å². The first kappa shape index (κ1) is 13.4. The van der Waals surface area contributed by atoms with Gasteiger partial charge in [0.05, 0.1) is 5.38 Å². The summed E-state index contributed by atoms with van der Waals surface area (Å²) >= 11 is 6.34. The van der Waals surface area contributed by atoms with Crippen LogP contribution < -0.4 is 0 Å². The molecule has 1 fully saturated rings.